The molecule has 3 unspecified atom stereocenters. The molecule has 19 heavy (non-hydrogen) atoms. The van der Waals surface area contributed by atoms with Crippen LogP contribution in [-0.2, 0) is 33.2 Å². The summed E-state index contributed by atoms with van der Waals surface area (Å²) in [5.74, 6) is -0.666. The Morgan fingerprint density at radius 2 is 1.95 bits per heavy atom. The summed E-state index contributed by atoms with van der Waals surface area (Å²) in [4.78, 5) is 12.3. The van der Waals surface area contributed by atoms with Crippen molar-refractivity contribution in [2.24, 2.45) is 5.92 Å². The first-order chi connectivity index (χ1) is 9.04. The fourth-order valence-corrected chi connectivity index (χ4v) is 3.82. The topological polar surface area (TPSA) is 43.4 Å². The third-order valence-corrected chi connectivity index (χ3v) is 5.72. The molecule has 1 aliphatic carbocycles. The van der Waals surface area contributed by atoms with Crippen molar-refractivity contribution in [3.8, 4) is 0 Å². The van der Waals surface area contributed by atoms with Gasteiger partial charge < -0.3 is 4.74 Å². The lowest BCUT2D eigenvalue weighted by molar-refractivity contribution is -0.144. The standard InChI is InChI=1S/C15H20O3S/c1-10(15(16)18-3)11(2)19(17)14-8-7-12-5-4-6-13(12)9-14/h7-11H,4-6H2,1-3H3. The first-order valence-electron chi connectivity index (χ1n) is 6.64. The van der Waals surface area contributed by atoms with Crippen molar-refractivity contribution in [2.75, 3.05) is 7.11 Å². The van der Waals surface area contributed by atoms with Gasteiger partial charge in [0, 0.05) is 10.1 Å². The molecule has 0 aliphatic heterocycles. The smallest absolute Gasteiger partial charge is 0.309 e. The first kappa shape index (κ1) is 14.3. The molecule has 0 saturated heterocycles. The number of rotatable bonds is 4. The molecule has 1 aliphatic rings. The number of ether oxygens (including phenoxy) is 1. The van der Waals surface area contributed by atoms with Gasteiger partial charge in [0.2, 0.25) is 0 Å². The van der Waals surface area contributed by atoms with E-state index in [0.717, 1.165) is 17.7 Å². The summed E-state index contributed by atoms with van der Waals surface area (Å²) in [6.07, 6.45) is 3.37. The van der Waals surface area contributed by atoms with E-state index < -0.39 is 10.8 Å². The number of hydrogen-bond acceptors (Lipinski definition) is 3. The van der Waals surface area contributed by atoms with Crippen LogP contribution in [0.3, 0.4) is 0 Å². The van der Waals surface area contributed by atoms with Gasteiger partial charge in [-0.2, -0.15) is 0 Å². The highest BCUT2D eigenvalue weighted by molar-refractivity contribution is 7.85. The van der Waals surface area contributed by atoms with E-state index in [1.54, 1.807) is 6.92 Å². The van der Waals surface area contributed by atoms with Crippen molar-refractivity contribution < 1.29 is 13.7 Å². The van der Waals surface area contributed by atoms with E-state index >= 15 is 0 Å². The predicted octanol–water partition coefficient (Wildman–Crippen LogP) is 2.48. The monoisotopic (exact) mass is 280 g/mol. The molecule has 3 atom stereocenters. The summed E-state index contributed by atoms with van der Waals surface area (Å²) in [7, 11) is 0.191. The van der Waals surface area contributed by atoms with Crippen LogP contribution >= 0.6 is 0 Å². The van der Waals surface area contributed by atoms with Gasteiger partial charge in [-0.25, -0.2) is 0 Å². The maximum Gasteiger partial charge on any atom is 0.309 e. The number of methoxy groups -OCH3 is 1. The van der Waals surface area contributed by atoms with Gasteiger partial charge in [-0.3, -0.25) is 9.00 Å². The van der Waals surface area contributed by atoms with Crippen LogP contribution < -0.4 is 0 Å². The van der Waals surface area contributed by atoms with Crippen molar-refractivity contribution >= 4 is 16.8 Å². The van der Waals surface area contributed by atoms with Crippen LogP contribution in [0.5, 0.6) is 0 Å². The lowest BCUT2D eigenvalue weighted by Crippen LogP contribution is -2.28. The maximum atomic E-state index is 12.5. The Labute approximate surface area is 116 Å². The van der Waals surface area contributed by atoms with Gasteiger partial charge in [0.25, 0.3) is 0 Å². The Balaban J connectivity index is 2.17. The van der Waals surface area contributed by atoms with Gasteiger partial charge in [-0.05, 0) is 49.4 Å². The second kappa shape index (κ2) is 5.87. The minimum Gasteiger partial charge on any atom is -0.469 e. The molecule has 0 spiro atoms. The Hall–Kier alpha value is -1.16. The van der Waals surface area contributed by atoms with Gasteiger partial charge in [0.15, 0.2) is 0 Å². The largest absolute Gasteiger partial charge is 0.469 e. The van der Waals surface area contributed by atoms with Gasteiger partial charge in [0.05, 0.1) is 23.8 Å². The second-order valence-corrected chi connectivity index (χ2v) is 6.91. The van der Waals surface area contributed by atoms with E-state index in [1.807, 2.05) is 19.1 Å². The minimum atomic E-state index is -1.17. The molecule has 1 aromatic carbocycles. The van der Waals surface area contributed by atoms with Crippen molar-refractivity contribution in [2.45, 2.75) is 43.3 Å². The fraction of sp³-hybridized carbons (Fsp3) is 0.533. The quantitative estimate of drug-likeness (QED) is 0.796. The first-order valence-corrected chi connectivity index (χ1v) is 7.86. The van der Waals surface area contributed by atoms with E-state index in [1.165, 1.54) is 24.7 Å². The molecular formula is C15H20O3S. The molecular weight excluding hydrogens is 260 g/mol. The molecule has 0 saturated carbocycles. The van der Waals surface area contributed by atoms with E-state index in [-0.39, 0.29) is 17.1 Å². The summed E-state index contributed by atoms with van der Waals surface area (Å²) in [5.41, 5.74) is 2.68. The Morgan fingerprint density at radius 1 is 1.26 bits per heavy atom. The number of hydrogen-bond donors (Lipinski definition) is 0. The van der Waals surface area contributed by atoms with Gasteiger partial charge in [-0.15, -0.1) is 0 Å². The van der Waals surface area contributed by atoms with Gasteiger partial charge >= 0.3 is 5.97 Å². The third-order valence-electron chi connectivity index (χ3n) is 3.92. The van der Waals surface area contributed by atoms with E-state index in [2.05, 4.69) is 6.07 Å². The Bertz CT molecular complexity index is 510. The zero-order chi connectivity index (χ0) is 14.0. The van der Waals surface area contributed by atoms with Crippen LogP contribution in [0.25, 0.3) is 0 Å². The molecule has 3 nitrogen and oxygen atoms in total. The highest BCUT2D eigenvalue weighted by atomic mass is 32.2. The lowest BCUT2D eigenvalue weighted by Gasteiger charge is -2.17. The number of fused-ring (bicyclic) bond motifs is 1. The third kappa shape index (κ3) is 2.89. The molecule has 104 valence electrons. The van der Waals surface area contributed by atoms with Crippen LogP contribution in [0.4, 0.5) is 0 Å². The molecule has 0 bridgehead atoms. The highest BCUT2D eigenvalue weighted by Crippen LogP contribution is 2.26. The van der Waals surface area contributed by atoms with E-state index in [0.29, 0.717) is 0 Å². The van der Waals surface area contributed by atoms with Gasteiger partial charge in [-0.1, -0.05) is 13.0 Å². The van der Waals surface area contributed by atoms with E-state index in [4.69, 9.17) is 4.74 Å². The molecule has 0 N–H and O–H groups in total. The van der Waals surface area contributed by atoms with Crippen LogP contribution in [0, 0.1) is 5.92 Å². The summed E-state index contributed by atoms with van der Waals surface area (Å²) in [6, 6.07) is 6.05. The lowest BCUT2D eigenvalue weighted by atomic mass is 10.1. The fourth-order valence-electron chi connectivity index (χ4n) is 2.45. The molecule has 0 radical (unpaired) electrons. The highest BCUT2D eigenvalue weighted by Gasteiger charge is 2.27. The number of aryl methyl sites for hydroxylation is 2. The summed E-state index contributed by atoms with van der Waals surface area (Å²) in [6.45, 7) is 3.60. The Kier molecular flexibility index (Phi) is 4.40. The molecule has 0 amide bonds. The second-order valence-electron chi connectivity index (χ2n) is 5.10. The summed E-state index contributed by atoms with van der Waals surface area (Å²) in [5, 5.41) is -0.244. The predicted molar refractivity (Wildman–Crippen MR) is 75.5 cm³/mol. The normalized spacial score (nSPS) is 18.5. The molecule has 1 aromatic rings. The summed E-state index contributed by atoms with van der Waals surface area (Å²) >= 11 is 0. The molecule has 0 aromatic heterocycles. The maximum absolute atomic E-state index is 12.5. The summed E-state index contributed by atoms with van der Waals surface area (Å²) < 4.78 is 17.2. The van der Waals surface area contributed by atoms with Crippen molar-refractivity contribution in [1.29, 1.82) is 0 Å². The van der Waals surface area contributed by atoms with Crippen LogP contribution in [0.15, 0.2) is 23.1 Å². The number of carbonyl (C=O) groups excluding carboxylic acids is 1. The minimum absolute atomic E-state index is 0.244. The van der Waals surface area contributed by atoms with Crippen molar-refractivity contribution in [1.82, 2.24) is 0 Å². The molecule has 0 fully saturated rings. The molecule has 4 heteroatoms. The number of benzene rings is 1. The average molecular weight is 280 g/mol. The molecule has 2 rings (SSSR count). The van der Waals surface area contributed by atoms with Crippen molar-refractivity contribution in [3.05, 3.63) is 29.3 Å². The van der Waals surface area contributed by atoms with Crippen LogP contribution in [0.1, 0.15) is 31.4 Å². The van der Waals surface area contributed by atoms with Crippen LogP contribution in [-0.4, -0.2) is 22.5 Å². The number of esters is 1. The van der Waals surface area contributed by atoms with Crippen molar-refractivity contribution in [3.63, 3.8) is 0 Å². The average Bonchev–Trinajstić information content (AvgIpc) is 2.91. The van der Waals surface area contributed by atoms with Crippen LogP contribution in [0.2, 0.25) is 0 Å². The SMILES string of the molecule is COC(=O)C(C)C(C)S(=O)c1ccc2c(c1)CCC2. The van der Waals surface area contributed by atoms with Gasteiger partial charge in [0.1, 0.15) is 0 Å². The molecule has 0 heterocycles. The van der Waals surface area contributed by atoms with E-state index in [9.17, 15) is 9.00 Å². The Morgan fingerprint density at radius 3 is 2.63 bits per heavy atom. The number of carbonyl (C=O) groups is 1. The zero-order valence-corrected chi connectivity index (χ0v) is 12.5. The zero-order valence-electron chi connectivity index (χ0n) is 11.6.